The van der Waals surface area contributed by atoms with Crippen LogP contribution in [0.3, 0.4) is 0 Å². The van der Waals surface area contributed by atoms with Gasteiger partial charge in [0, 0.05) is 30.9 Å². The lowest BCUT2D eigenvalue weighted by atomic mass is 10.1. The number of benzene rings is 1. The van der Waals surface area contributed by atoms with Crippen molar-refractivity contribution in [3.05, 3.63) is 52.9 Å². The maximum Gasteiger partial charge on any atom is 0.266 e. The van der Waals surface area contributed by atoms with Crippen LogP contribution in [-0.2, 0) is 16.1 Å². The quantitative estimate of drug-likeness (QED) is 0.571. The number of rotatable bonds is 6. The number of anilines is 2. The lowest BCUT2D eigenvalue weighted by Gasteiger charge is -2.19. The molecule has 1 aliphatic rings. The summed E-state index contributed by atoms with van der Waals surface area (Å²) in [6.45, 7) is 9.87. The van der Waals surface area contributed by atoms with Crippen LogP contribution in [0, 0.1) is 31.1 Å². The highest BCUT2D eigenvalue weighted by atomic mass is 16.2. The van der Waals surface area contributed by atoms with Crippen LogP contribution in [0.2, 0.25) is 0 Å². The summed E-state index contributed by atoms with van der Waals surface area (Å²) in [4.78, 5) is 26.7. The van der Waals surface area contributed by atoms with Crippen LogP contribution in [0.15, 0.2) is 35.9 Å². The first-order chi connectivity index (χ1) is 14.3. The Morgan fingerprint density at radius 3 is 2.67 bits per heavy atom. The van der Waals surface area contributed by atoms with Gasteiger partial charge in [0.15, 0.2) is 0 Å². The topological polar surface area (TPSA) is 78.1 Å². The second-order valence-electron chi connectivity index (χ2n) is 8.12. The van der Waals surface area contributed by atoms with Gasteiger partial charge in [-0.3, -0.25) is 9.59 Å². The van der Waals surface area contributed by atoms with E-state index in [9.17, 15) is 14.9 Å². The SMILES string of the molecule is Cc1cc(/C=C(\C#N)C(=O)Nc2ccccc2N2CCCC2=O)c(C)n1CC(C)C. The second kappa shape index (κ2) is 9.00. The summed E-state index contributed by atoms with van der Waals surface area (Å²) < 4.78 is 2.21. The van der Waals surface area contributed by atoms with Crippen molar-refractivity contribution in [1.82, 2.24) is 4.57 Å². The molecule has 2 amide bonds. The largest absolute Gasteiger partial charge is 0.348 e. The van der Waals surface area contributed by atoms with Crippen molar-refractivity contribution in [2.75, 3.05) is 16.8 Å². The Kier molecular flexibility index (Phi) is 6.41. The molecule has 0 atom stereocenters. The van der Waals surface area contributed by atoms with Gasteiger partial charge < -0.3 is 14.8 Å². The third-order valence-corrected chi connectivity index (χ3v) is 5.34. The lowest BCUT2D eigenvalue weighted by molar-refractivity contribution is -0.117. The number of hydrogen-bond donors (Lipinski definition) is 1. The number of aryl methyl sites for hydroxylation is 1. The minimum Gasteiger partial charge on any atom is -0.348 e. The lowest BCUT2D eigenvalue weighted by Crippen LogP contribution is -2.25. The molecule has 0 bridgehead atoms. The molecule has 6 heteroatoms. The molecule has 2 heterocycles. The molecule has 0 saturated carbocycles. The Hall–Kier alpha value is -3.33. The number of hydrogen-bond acceptors (Lipinski definition) is 3. The highest BCUT2D eigenvalue weighted by Gasteiger charge is 2.24. The monoisotopic (exact) mass is 404 g/mol. The van der Waals surface area contributed by atoms with E-state index in [1.165, 1.54) is 0 Å². The first kappa shape index (κ1) is 21.4. The van der Waals surface area contributed by atoms with Crippen molar-refractivity contribution in [3.63, 3.8) is 0 Å². The molecule has 1 aromatic heterocycles. The summed E-state index contributed by atoms with van der Waals surface area (Å²) in [5.41, 5.74) is 4.22. The molecule has 2 aromatic rings. The molecule has 30 heavy (non-hydrogen) atoms. The fraction of sp³-hybridized carbons (Fsp3) is 0.375. The third-order valence-electron chi connectivity index (χ3n) is 5.34. The van der Waals surface area contributed by atoms with Gasteiger partial charge in [0.1, 0.15) is 11.6 Å². The van der Waals surface area contributed by atoms with Gasteiger partial charge in [-0.15, -0.1) is 0 Å². The molecule has 1 aromatic carbocycles. The van der Waals surface area contributed by atoms with E-state index < -0.39 is 5.91 Å². The maximum atomic E-state index is 12.9. The Bertz CT molecular complexity index is 1040. The number of carbonyl (C=O) groups is 2. The van der Waals surface area contributed by atoms with E-state index in [0.717, 1.165) is 29.9 Å². The Morgan fingerprint density at radius 2 is 2.03 bits per heavy atom. The molecule has 0 radical (unpaired) electrons. The molecule has 1 fully saturated rings. The number of nitrogens with one attached hydrogen (secondary N) is 1. The molecule has 3 rings (SSSR count). The van der Waals surface area contributed by atoms with E-state index in [1.54, 1.807) is 23.1 Å². The van der Waals surface area contributed by atoms with Crippen molar-refractivity contribution >= 4 is 29.3 Å². The Morgan fingerprint density at radius 1 is 1.30 bits per heavy atom. The first-order valence-electron chi connectivity index (χ1n) is 10.3. The van der Waals surface area contributed by atoms with Gasteiger partial charge in [-0.25, -0.2) is 0 Å². The van der Waals surface area contributed by atoms with Crippen LogP contribution >= 0.6 is 0 Å². The van der Waals surface area contributed by atoms with Gasteiger partial charge in [-0.05, 0) is 56.0 Å². The molecular weight excluding hydrogens is 376 g/mol. The summed E-state index contributed by atoms with van der Waals surface area (Å²) in [6, 6.07) is 11.2. The second-order valence-corrected chi connectivity index (χ2v) is 8.12. The number of para-hydroxylation sites is 2. The number of carbonyl (C=O) groups excluding carboxylic acids is 2. The third kappa shape index (κ3) is 4.46. The number of nitriles is 1. The van der Waals surface area contributed by atoms with Crippen molar-refractivity contribution < 1.29 is 9.59 Å². The molecule has 1 saturated heterocycles. The Labute approximate surface area is 177 Å². The van der Waals surface area contributed by atoms with Gasteiger partial charge in [0.2, 0.25) is 5.91 Å². The fourth-order valence-electron chi connectivity index (χ4n) is 3.83. The van der Waals surface area contributed by atoms with Gasteiger partial charge in [-0.1, -0.05) is 26.0 Å². The number of nitrogens with zero attached hydrogens (tertiary/aromatic N) is 3. The van der Waals surface area contributed by atoms with E-state index in [2.05, 4.69) is 23.7 Å². The average molecular weight is 405 g/mol. The van der Waals surface area contributed by atoms with E-state index in [-0.39, 0.29) is 11.5 Å². The van der Waals surface area contributed by atoms with Crippen molar-refractivity contribution in [3.8, 4) is 6.07 Å². The summed E-state index contributed by atoms with van der Waals surface area (Å²) in [5, 5.41) is 12.4. The summed E-state index contributed by atoms with van der Waals surface area (Å²) >= 11 is 0. The van der Waals surface area contributed by atoms with Crippen LogP contribution in [0.4, 0.5) is 11.4 Å². The van der Waals surface area contributed by atoms with Gasteiger partial charge in [0.05, 0.1) is 11.4 Å². The highest BCUT2D eigenvalue weighted by Crippen LogP contribution is 2.30. The van der Waals surface area contributed by atoms with Crippen LogP contribution in [0.5, 0.6) is 0 Å². The summed E-state index contributed by atoms with van der Waals surface area (Å²) in [7, 11) is 0. The van der Waals surface area contributed by atoms with Crippen molar-refractivity contribution in [1.29, 1.82) is 5.26 Å². The van der Waals surface area contributed by atoms with Crippen molar-refractivity contribution in [2.45, 2.75) is 47.1 Å². The highest BCUT2D eigenvalue weighted by molar-refractivity contribution is 6.12. The summed E-state index contributed by atoms with van der Waals surface area (Å²) in [6.07, 6.45) is 2.95. The van der Waals surface area contributed by atoms with E-state index in [0.29, 0.717) is 30.3 Å². The first-order valence-corrected chi connectivity index (χ1v) is 10.3. The zero-order chi connectivity index (χ0) is 21.8. The van der Waals surface area contributed by atoms with E-state index in [1.807, 2.05) is 38.1 Å². The molecule has 1 N–H and O–H groups in total. The molecule has 0 aliphatic carbocycles. The molecule has 0 unspecified atom stereocenters. The van der Waals surface area contributed by atoms with Gasteiger partial charge >= 0.3 is 0 Å². The number of aromatic nitrogens is 1. The van der Waals surface area contributed by atoms with E-state index >= 15 is 0 Å². The van der Waals surface area contributed by atoms with Crippen LogP contribution in [0.1, 0.15) is 43.6 Å². The maximum absolute atomic E-state index is 12.9. The minimum absolute atomic E-state index is 0.0300. The molecular formula is C24H28N4O2. The predicted molar refractivity (Wildman–Crippen MR) is 119 cm³/mol. The molecule has 6 nitrogen and oxygen atoms in total. The minimum atomic E-state index is -0.481. The smallest absolute Gasteiger partial charge is 0.266 e. The van der Waals surface area contributed by atoms with Crippen LogP contribution in [0.25, 0.3) is 6.08 Å². The average Bonchev–Trinajstić information content (AvgIpc) is 3.24. The van der Waals surface area contributed by atoms with Crippen LogP contribution in [-0.4, -0.2) is 22.9 Å². The summed E-state index contributed by atoms with van der Waals surface area (Å²) in [5.74, 6) is 0.0609. The van der Waals surface area contributed by atoms with Gasteiger partial charge in [0.25, 0.3) is 5.91 Å². The Balaban J connectivity index is 1.87. The predicted octanol–water partition coefficient (Wildman–Crippen LogP) is 4.43. The molecule has 0 spiro atoms. The normalized spacial score (nSPS) is 14.3. The van der Waals surface area contributed by atoms with Crippen LogP contribution < -0.4 is 10.2 Å². The standard InChI is InChI=1S/C24H28N4O2/c1-16(2)15-28-17(3)12-19(18(28)4)13-20(14-25)24(30)26-21-8-5-6-9-22(21)27-11-7-10-23(27)29/h5-6,8-9,12-13,16H,7,10-11,15H2,1-4H3,(H,26,30)/b20-13+. The van der Waals surface area contributed by atoms with E-state index in [4.69, 9.17) is 0 Å². The fourth-order valence-corrected chi connectivity index (χ4v) is 3.83. The van der Waals surface area contributed by atoms with Gasteiger partial charge in [-0.2, -0.15) is 5.26 Å². The zero-order valence-corrected chi connectivity index (χ0v) is 18.0. The molecule has 156 valence electrons. The number of amides is 2. The van der Waals surface area contributed by atoms with Crippen molar-refractivity contribution in [2.24, 2.45) is 5.92 Å². The zero-order valence-electron chi connectivity index (χ0n) is 18.0. The molecule has 1 aliphatic heterocycles.